The van der Waals surface area contributed by atoms with Gasteiger partial charge in [0.15, 0.2) is 5.69 Å². The zero-order valence-corrected chi connectivity index (χ0v) is 9.41. The first-order chi connectivity index (χ1) is 7.52. The molecule has 0 aliphatic carbocycles. The van der Waals surface area contributed by atoms with Crippen LogP contribution in [0.15, 0.2) is 22.7 Å². The van der Waals surface area contributed by atoms with E-state index in [0.717, 1.165) is 0 Å². The van der Waals surface area contributed by atoms with Gasteiger partial charge in [0.2, 0.25) is 0 Å². The van der Waals surface area contributed by atoms with Crippen LogP contribution in [0, 0.1) is 0 Å². The Hall–Kier alpha value is -1.50. The molecule has 7 heteroatoms. The maximum absolute atomic E-state index is 12.6. The van der Waals surface area contributed by atoms with Gasteiger partial charge in [-0.05, 0) is 12.1 Å². The summed E-state index contributed by atoms with van der Waals surface area (Å²) in [6.45, 7) is -2.81. The first-order valence-corrected chi connectivity index (χ1v) is 5.06. The molecule has 16 heavy (non-hydrogen) atoms. The largest absolute Gasteiger partial charge is 0.364 e. The van der Waals surface area contributed by atoms with E-state index in [-0.39, 0.29) is 11.2 Å². The van der Waals surface area contributed by atoms with Gasteiger partial charge >= 0.3 is 6.55 Å². The smallest absolute Gasteiger partial charge is 0.333 e. The van der Waals surface area contributed by atoms with E-state index in [1.54, 1.807) is 12.1 Å². The Morgan fingerprint density at radius 1 is 1.50 bits per heavy atom. The van der Waals surface area contributed by atoms with Gasteiger partial charge in [-0.1, -0.05) is 22.0 Å². The maximum Gasteiger partial charge on any atom is 0.333 e. The Bertz CT molecular complexity index is 567. The molecule has 0 saturated heterocycles. The lowest BCUT2D eigenvalue weighted by atomic mass is 10.2. The molecule has 1 amide bonds. The van der Waals surface area contributed by atoms with Gasteiger partial charge in [-0.15, -0.1) is 0 Å². The van der Waals surface area contributed by atoms with Crippen LogP contribution in [-0.4, -0.2) is 15.7 Å². The minimum absolute atomic E-state index is 0.164. The highest BCUT2D eigenvalue weighted by Gasteiger charge is 2.20. The van der Waals surface area contributed by atoms with Gasteiger partial charge in [-0.2, -0.15) is 13.9 Å². The van der Waals surface area contributed by atoms with Gasteiger partial charge in [0.1, 0.15) is 0 Å². The van der Waals surface area contributed by atoms with Crippen LogP contribution < -0.4 is 5.73 Å². The number of rotatable bonds is 2. The van der Waals surface area contributed by atoms with Crippen molar-refractivity contribution in [3.05, 3.63) is 28.4 Å². The molecule has 0 unspecified atom stereocenters. The van der Waals surface area contributed by atoms with Crippen LogP contribution in [0.4, 0.5) is 8.78 Å². The number of carbonyl (C=O) groups is 1. The highest BCUT2D eigenvalue weighted by atomic mass is 79.9. The normalized spacial score (nSPS) is 11.2. The Morgan fingerprint density at radius 2 is 2.19 bits per heavy atom. The number of amides is 1. The summed E-state index contributed by atoms with van der Waals surface area (Å²) in [5.74, 6) is -0.837. The van der Waals surface area contributed by atoms with Crippen molar-refractivity contribution >= 4 is 32.7 Å². The highest BCUT2D eigenvalue weighted by molar-refractivity contribution is 9.10. The van der Waals surface area contributed by atoms with E-state index in [1.165, 1.54) is 6.07 Å². The van der Waals surface area contributed by atoms with E-state index >= 15 is 0 Å². The van der Waals surface area contributed by atoms with Gasteiger partial charge in [0, 0.05) is 9.86 Å². The van der Waals surface area contributed by atoms with E-state index in [9.17, 15) is 13.6 Å². The SMILES string of the molecule is NC(=O)c1nn(C(F)F)c2cccc(Br)c12. The summed E-state index contributed by atoms with van der Waals surface area (Å²) in [5, 5.41) is 3.81. The fourth-order valence-corrected chi connectivity index (χ4v) is 2.01. The second-order valence-corrected chi connectivity index (χ2v) is 3.92. The monoisotopic (exact) mass is 289 g/mol. The summed E-state index contributed by atoms with van der Waals surface area (Å²) in [6, 6.07) is 4.66. The van der Waals surface area contributed by atoms with Gasteiger partial charge in [0.25, 0.3) is 5.91 Å². The number of fused-ring (bicyclic) bond motifs is 1. The number of hydrogen-bond acceptors (Lipinski definition) is 2. The molecule has 2 aromatic rings. The molecule has 0 bridgehead atoms. The molecule has 0 atom stereocenters. The average molecular weight is 290 g/mol. The lowest BCUT2D eigenvalue weighted by molar-refractivity contribution is 0.0609. The predicted molar refractivity (Wildman–Crippen MR) is 57.2 cm³/mol. The molecule has 1 aromatic carbocycles. The Morgan fingerprint density at radius 3 is 2.75 bits per heavy atom. The molecule has 0 aliphatic rings. The van der Waals surface area contributed by atoms with Crippen molar-refractivity contribution in [3.63, 3.8) is 0 Å². The summed E-state index contributed by atoms with van der Waals surface area (Å²) in [7, 11) is 0. The number of carbonyl (C=O) groups excluding carboxylic acids is 1. The van der Waals surface area contributed by atoms with Crippen molar-refractivity contribution in [1.82, 2.24) is 9.78 Å². The third kappa shape index (κ3) is 1.57. The standard InChI is InChI=1S/C9H6BrF2N3O/c10-4-2-1-3-5-6(4)7(8(13)16)14-15(5)9(11)12/h1-3,9H,(H2,13,16). The number of halogens is 3. The molecule has 2 rings (SSSR count). The van der Waals surface area contributed by atoms with E-state index in [2.05, 4.69) is 21.0 Å². The molecule has 0 fully saturated rings. The third-order valence-electron chi connectivity index (χ3n) is 2.10. The number of nitrogens with zero attached hydrogens (tertiary/aromatic N) is 2. The maximum atomic E-state index is 12.6. The van der Waals surface area contributed by atoms with Crippen molar-refractivity contribution in [2.75, 3.05) is 0 Å². The van der Waals surface area contributed by atoms with Crippen LogP contribution in [-0.2, 0) is 0 Å². The van der Waals surface area contributed by atoms with Gasteiger partial charge in [-0.3, -0.25) is 4.79 Å². The van der Waals surface area contributed by atoms with Crippen molar-refractivity contribution < 1.29 is 13.6 Å². The second kappa shape index (κ2) is 3.82. The number of primary amides is 1. The number of aromatic nitrogens is 2. The van der Waals surface area contributed by atoms with E-state index < -0.39 is 12.5 Å². The van der Waals surface area contributed by atoms with Crippen LogP contribution >= 0.6 is 15.9 Å². The molecule has 84 valence electrons. The zero-order chi connectivity index (χ0) is 11.9. The summed E-state index contributed by atoms with van der Waals surface area (Å²) in [6.07, 6.45) is 0. The van der Waals surface area contributed by atoms with Crippen molar-refractivity contribution in [1.29, 1.82) is 0 Å². The molecule has 4 nitrogen and oxygen atoms in total. The van der Waals surface area contributed by atoms with Crippen LogP contribution in [0.5, 0.6) is 0 Å². The summed E-state index contributed by atoms with van der Waals surface area (Å²) >= 11 is 3.17. The van der Waals surface area contributed by atoms with Crippen molar-refractivity contribution in [2.24, 2.45) is 5.73 Å². The third-order valence-corrected chi connectivity index (χ3v) is 2.76. The highest BCUT2D eigenvalue weighted by Crippen LogP contribution is 2.29. The average Bonchev–Trinajstić information content (AvgIpc) is 2.58. The molecule has 2 N–H and O–H groups in total. The van der Waals surface area contributed by atoms with Gasteiger partial charge in [0.05, 0.1) is 5.52 Å². The molecule has 1 heterocycles. The molecule has 0 saturated carbocycles. The van der Waals surface area contributed by atoms with Crippen molar-refractivity contribution in [2.45, 2.75) is 6.55 Å². The van der Waals surface area contributed by atoms with E-state index in [4.69, 9.17) is 5.73 Å². The van der Waals surface area contributed by atoms with Gasteiger partial charge in [-0.25, -0.2) is 4.68 Å². The van der Waals surface area contributed by atoms with E-state index in [1.807, 2.05) is 0 Å². The predicted octanol–water partition coefficient (Wildman–Crippen LogP) is 2.29. The van der Waals surface area contributed by atoms with Gasteiger partial charge < -0.3 is 5.73 Å². The van der Waals surface area contributed by atoms with Crippen molar-refractivity contribution in [3.8, 4) is 0 Å². The second-order valence-electron chi connectivity index (χ2n) is 3.07. The van der Waals surface area contributed by atoms with Crippen LogP contribution in [0.3, 0.4) is 0 Å². The molecular weight excluding hydrogens is 284 g/mol. The fourth-order valence-electron chi connectivity index (χ4n) is 1.47. The molecule has 0 spiro atoms. The van der Waals surface area contributed by atoms with E-state index in [0.29, 0.717) is 14.5 Å². The zero-order valence-electron chi connectivity index (χ0n) is 7.82. The van der Waals surface area contributed by atoms with Crippen LogP contribution in [0.1, 0.15) is 17.0 Å². The number of nitrogens with two attached hydrogens (primary N) is 1. The van der Waals surface area contributed by atoms with Crippen LogP contribution in [0.25, 0.3) is 10.9 Å². The summed E-state index contributed by atoms with van der Waals surface area (Å²) < 4.78 is 26.3. The first kappa shape index (κ1) is 11.0. The molecule has 1 aromatic heterocycles. The van der Waals surface area contributed by atoms with Crippen LogP contribution in [0.2, 0.25) is 0 Å². The molecular formula is C9H6BrF2N3O. The minimum Gasteiger partial charge on any atom is -0.364 e. The minimum atomic E-state index is -2.81. The number of benzene rings is 1. The molecule has 0 radical (unpaired) electrons. The summed E-state index contributed by atoms with van der Waals surface area (Å²) in [4.78, 5) is 11.1. The number of alkyl halides is 2. The Kier molecular flexibility index (Phi) is 2.63. The Labute approximate surface area is 97.2 Å². The topological polar surface area (TPSA) is 60.9 Å². The lowest BCUT2D eigenvalue weighted by Gasteiger charge is -2.00. The number of hydrogen-bond donors (Lipinski definition) is 1. The first-order valence-electron chi connectivity index (χ1n) is 4.27. The quantitative estimate of drug-likeness (QED) is 0.922. The lowest BCUT2D eigenvalue weighted by Crippen LogP contribution is -2.13. The summed E-state index contributed by atoms with van der Waals surface area (Å²) in [5.41, 5.74) is 5.08. The fraction of sp³-hybridized carbons (Fsp3) is 0.111. The molecule has 0 aliphatic heterocycles. The Balaban J connectivity index is 2.87.